The van der Waals surface area contributed by atoms with Crippen LogP contribution in [-0.4, -0.2) is 21.0 Å². The van der Waals surface area contributed by atoms with E-state index in [1.807, 2.05) is 10.9 Å². The van der Waals surface area contributed by atoms with Gasteiger partial charge in [0.25, 0.3) is 0 Å². The lowest BCUT2D eigenvalue weighted by Crippen LogP contribution is -2.54. The second kappa shape index (κ2) is 3.29. The van der Waals surface area contributed by atoms with Crippen LogP contribution in [-0.2, 0) is 12.0 Å². The lowest BCUT2D eigenvalue weighted by molar-refractivity contribution is 0.102. The van der Waals surface area contributed by atoms with E-state index in [-0.39, 0.29) is 16.9 Å². The first-order chi connectivity index (χ1) is 7.31. The number of hydrogen-bond donors (Lipinski definition) is 1. The molecule has 2 atom stereocenters. The van der Waals surface area contributed by atoms with Gasteiger partial charge in [0.15, 0.2) is 0 Å². The van der Waals surface area contributed by atoms with Gasteiger partial charge < -0.3 is 5.73 Å². The average molecular weight is 222 g/mol. The summed E-state index contributed by atoms with van der Waals surface area (Å²) in [5, 5.41) is 8.15. The van der Waals surface area contributed by atoms with Gasteiger partial charge in [0.1, 0.15) is 0 Å². The minimum Gasteiger partial charge on any atom is -0.325 e. The molecular weight excluding hydrogens is 200 g/mol. The second-order valence-electron chi connectivity index (χ2n) is 6.18. The van der Waals surface area contributed by atoms with E-state index in [0.29, 0.717) is 5.92 Å². The first-order valence-electron chi connectivity index (χ1n) is 5.96. The predicted molar refractivity (Wildman–Crippen MR) is 64.0 cm³/mol. The van der Waals surface area contributed by atoms with Crippen molar-refractivity contribution in [1.29, 1.82) is 0 Å². The average Bonchev–Trinajstić information content (AvgIpc) is 2.58. The van der Waals surface area contributed by atoms with Gasteiger partial charge in [-0.15, -0.1) is 5.10 Å². The van der Waals surface area contributed by atoms with Crippen LogP contribution >= 0.6 is 0 Å². The van der Waals surface area contributed by atoms with Crippen molar-refractivity contribution in [1.82, 2.24) is 15.0 Å². The van der Waals surface area contributed by atoms with E-state index in [2.05, 4.69) is 44.9 Å². The Morgan fingerprint density at radius 1 is 1.50 bits per heavy atom. The maximum absolute atomic E-state index is 6.41. The largest absolute Gasteiger partial charge is 0.325 e. The van der Waals surface area contributed by atoms with Gasteiger partial charge in [0.05, 0.1) is 18.4 Å². The SMILES string of the molecule is CC(C)C1(C(C)(C)C)c2cnnn2C[C@H]1N. The summed E-state index contributed by atoms with van der Waals surface area (Å²) in [7, 11) is 0. The molecule has 4 heteroatoms. The Bertz CT molecular complexity index is 388. The molecule has 1 aromatic rings. The van der Waals surface area contributed by atoms with E-state index in [9.17, 15) is 0 Å². The Balaban J connectivity index is 2.65. The summed E-state index contributed by atoms with van der Waals surface area (Å²) in [4.78, 5) is 0. The normalized spacial score (nSPS) is 29.8. The number of hydrogen-bond acceptors (Lipinski definition) is 3. The van der Waals surface area contributed by atoms with Crippen LogP contribution in [0.3, 0.4) is 0 Å². The van der Waals surface area contributed by atoms with E-state index in [4.69, 9.17) is 5.73 Å². The molecule has 1 unspecified atom stereocenters. The Labute approximate surface area is 97.2 Å². The lowest BCUT2D eigenvalue weighted by atomic mass is 9.56. The van der Waals surface area contributed by atoms with Gasteiger partial charge in [-0.3, -0.25) is 0 Å². The highest BCUT2D eigenvalue weighted by Gasteiger charge is 2.56. The molecule has 1 aliphatic heterocycles. The predicted octanol–water partition coefficient (Wildman–Crippen LogP) is 1.56. The Morgan fingerprint density at radius 2 is 2.12 bits per heavy atom. The summed E-state index contributed by atoms with van der Waals surface area (Å²) in [5.74, 6) is 0.474. The van der Waals surface area contributed by atoms with Crippen LogP contribution in [0.15, 0.2) is 6.20 Å². The molecule has 4 nitrogen and oxygen atoms in total. The first-order valence-corrected chi connectivity index (χ1v) is 5.96. The standard InChI is InChI=1S/C12H22N4/c1-8(2)12(11(3,4)5)9(13)7-16-10(12)6-14-15-16/h6,8-9H,7,13H2,1-5H3/t9-,12?/m1/s1. The van der Waals surface area contributed by atoms with E-state index in [1.54, 1.807) is 0 Å². The van der Waals surface area contributed by atoms with E-state index < -0.39 is 0 Å². The van der Waals surface area contributed by atoms with Gasteiger partial charge >= 0.3 is 0 Å². The van der Waals surface area contributed by atoms with Gasteiger partial charge in [-0.05, 0) is 11.3 Å². The zero-order chi connectivity index (χ0) is 12.1. The fourth-order valence-corrected chi connectivity index (χ4v) is 3.76. The van der Waals surface area contributed by atoms with Gasteiger partial charge in [-0.2, -0.15) is 0 Å². The topological polar surface area (TPSA) is 56.7 Å². The molecule has 0 aliphatic carbocycles. The summed E-state index contributed by atoms with van der Waals surface area (Å²) in [6.45, 7) is 12.0. The molecule has 0 fully saturated rings. The van der Waals surface area contributed by atoms with Crippen molar-refractivity contribution in [2.45, 2.75) is 52.6 Å². The molecule has 2 heterocycles. The van der Waals surface area contributed by atoms with Crippen molar-refractivity contribution in [3.05, 3.63) is 11.9 Å². The van der Waals surface area contributed by atoms with Gasteiger partial charge in [-0.1, -0.05) is 39.8 Å². The maximum Gasteiger partial charge on any atom is 0.0731 e. The molecule has 0 aromatic carbocycles. The van der Waals surface area contributed by atoms with Crippen LogP contribution in [0.4, 0.5) is 0 Å². The molecule has 0 saturated heterocycles. The summed E-state index contributed by atoms with van der Waals surface area (Å²) in [6.07, 6.45) is 1.89. The van der Waals surface area contributed by atoms with E-state index >= 15 is 0 Å². The molecule has 2 rings (SSSR count). The summed E-state index contributed by atoms with van der Waals surface area (Å²) < 4.78 is 1.97. The monoisotopic (exact) mass is 222 g/mol. The third kappa shape index (κ3) is 1.19. The van der Waals surface area contributed by atoms with Crippen molar-refractivity contribution in [2.24, 2.45) is 17.1 Å². The number of fused-ring (bicyclic) bond motifs is 1. The van der Waals surface area contributed by atoms with Crippen LogP contribution in [0.5, 0.6) is 0 Å². The fraction of sp³-hybridized carbons (Fsp3) is 0.833. The molecule has 0 bridgehead atoms. The minimum absolute atomic E-state index is 0.0312. The van der Waals surface area contributed by atoms with Crippen molar-refractivity contribution in [3.63, 3.8) is 0 Å². The van der Waals surface area contributed by atoms with Crippen molar-refractivity contribution >= 4 is 0 Å². The Morgan fingerprint density at radius 3 is 2.62 bits per heavy atom. The highest BCUT2D eigenvalue weighted by molar-refractivity contribution is 5.27. The highest BCUT2D eigenvalue weighted by Crippen LogP contribution is 2.51. The first kappa shape index (κ1) is 11.6. The number of nitrogens with two attached hydrogens (primary N) is 1. The van der Waals surface area contributed by atoms with Crippen LogP contribution in [0.2, 0.25) is 0 Å². The third-order valence-corrected chi connectivity index (χ3v) is 4.15. The smallest absolute Gasteiger partial charge is 0.0731 e. The van der Waals surface area contributed by atoms with Crippen LogP contribution in [0.1, 0.15) is 40.3 Å². The zero-order valence-corrected chi connectivity index (χ0v) is 10.9. The Kier molecular flexibility index (Phi) is 2.38. The van der Waals surface area contributed by atoms with Crippen LogP contribution in [0.25, 0.3) is 0 Å². The fourth-order valence-electron chi connectivity index (χ4n) is 3.76. The molecule has 0 amide bonds. The van der Waals surface area contributed by atoms with Gasteiger partial charge in [-0.25, -0.2) is 4.68 Å². The number of aromatic nitrogens is 3. The number of nitrogens with zero attached hydrogens (tertiary/aromatic N) is 3. The molecule has 16 heavy (non-hydrogen) atoms. The lowest BCUT2D eigenvalue weighted by Gasteiger charge is -2.47. The second-order valence-corrected chi connectivity index (χ2v) is 6.18. The van der Waals surface area contributed by atoms with E-state index in [0.717, 1.165) is 6.54 Å². The quantitative estimate of drug-likeness (QED) is 0.784. The molecule has 1 aromatic heterocycles. The molecular formula is C12H22N4. The van der Waals surface area contributed by atoms with E-state index in [1.165, 1.54) is 5.69 Å². The Hall–Kier alpha value is -0.900. The van der Waals surface area contributed by atoms with Crippen molar-refractivity contribution in [3.8, 4) is 0 Å². The van der Waals surface area contributed by atoms with Crippen molar-refractivity contribution in [2.75, 3.05) is 0 Å². The molecule has 2 N–H and O–H groups in total. The zero-order valence-electron chi connectivity index (χ0n) is 10.9. The summed E-state index contributed by atoms with van der Waals surface area (Å²) in [6, 6.07) is 0.123. The summed E-state index contributed by atoms with van der Waals surface area (Å²) in [5.41, 5.74) is 7.68. The van der Waals surface area contributed by atoms with Crippen molar-refractivity contribution < 1.29 is 0 Å². The molecule has 0 spiro atoms. The van der Waals surface area contributed by atoms with Crippen LogP contribution in [0, 0.1) is 11.3 Å². The van der Waals surface area contributed by atoms with Gasteiger partial charge in [0.2, 0.25) is 0 Å². The molecule has 0 saturated carbocycles. The van der Waals surface area contributed by atoms with Gasteiger partial charge in [0, 0.05) is 11.5 Å². The molecule has 90 valence electrons. The maximum atomic E-state index is 6.41. The molecule has 0 radical (unpaired) electrons. The third-order valence-electron chi connectivity index (χ3n) is 4.15. The van der Waals surface area contributed by atoms with Crippen LogP contribution < -0.4 is 5.73 Å². The number of rotatable bonds is 1. The molecule has 1 aliphatic rings. The highest BCUT2D eigenvalue weighted by atomic mass is 15.4. The summed E-state index contributed by atoms with van der Waals surface area (Å²) >= 11 is 0. The minimum atomic E-state index is -0.0312.